The third kappa shape index (κ3) is 3.15. The van der Waals surface area contributed by atoms with E-state index in [0.29, 0.717) is 6.61 Å². The summed E-state index contributed by atoms with van der Waals surface area (Å²) in [5.74, 6) is 0.864. The fourth-order valence-corrected chi connectivity index (χ4v) is 3.18. The van der Waals surface area contributed by atoms with E-state index in [0.717, 1.165) is 43.7 Å². The average molecular weight is 277 g/mol. The molecular formula is C17H27NO2. The first-order valence-corrected chi connectivity index (χ1v) is 7.88. The first-order chi connectivity index (χ1) is 9.71. The second-order valence-electron chi connectivity index (χ2n) is 5.55. The zero-order chi connectivity index (χ0) is 14.5. The standard InChI is InChI=1S/C17H27NO2/c1-4-9-18(10-5-2)16-11-13-7-8-14(20-6-3)12-15(13)17(16)19/h7-8,12,16-17,19H,4-6,9-11H2,1-3H3/t16-,17-/m0/s1. The molecule has 3 heteroatoms. The van der Waals surface area contributed by atoms with E-state index in [2.05, 4.69) is 24.8 Å². The summed E-state index contributed by atoms with van der Waals surface area (Å²) in [5, 5.41) is 10.7. The van der Waals surface area contributed by atoms with Gasteiger partial charge < -0.3 is 9.84 Å². The maximum Gasteiger partial charge on any atom is 0.119 e. The number of fused-ring (bicyclic) bond motifs is 1. The molecule has 1 N–H and O–H groups in total. The second kappa shape index (κ2) is 7.09. The van der Waals surface area contributed by atoms with Gasteiger partial charge >= 0.3 is 0 Å². The predicted octanol–water partition coefficient (Wildman–Crippen LogP) is 3.17. The summed E-state index contributed by atoms with van der Waals surface area (Å²) in [6, 6.07) is 6.36. The summed E-state index contributed by atoms with van der Waals surface area (Å²) >= 11 is 0. The van der Waals surface area contributed by atoms with Crippen LogP contribution in [0, 0.1) is 0 Å². The third-order valence-electron chi connectivity index (χ3n) is 4.03. The average Bonchev–Trinajstić information content (AvgIpc) is 2.76. The van der Waals surface area contributed by atoms with Gasteiger partial charge in [-0.15, -0.1) is 0 Å². The number of ether oxygens (including phenoxy) is 1. The molecule has 0 aromatic heterocycles. The molecule has 0 saturated carbocycles. The quantitative estimate of drug-likeness (QED) is 0.831. The van der Waals surface area contributed by atoms with Gasteiger partial charge in [-0.2, -0.15) is 0 Å². The van der Waals surface area contributed by atoms with Gasteiger partial charge in [-0.1, -0.05) is 19.9 Å². The van der Waals surface area contributed by atoms with Crippen LogP contribution in [-0.4, -0.2) is 35.7 Å². The monoisotopic (exact) mass is 277 g/mol. The topological polar surface area (TPSA) is 32.7 Å². The molecule has 20 heavy (non-hydrogen) atoms. The lowest BCUT2D eigenvalue weighted by Crippen LogP contribution is -2.39. The molecule has 112 valence electrons. The first-order valence-electron chi connectivity index (χ1n) is 7.88. The van der Waals surface area contributed by atoms with Crippen molar-refractivity contribution in [2.24, 2.45) is 0 Å². The Morgan fingerprint density at radius 1 is 1.20 bits per heavy atom. The third-order valence-corrected chi connectivity index (χ3v) is 4.03. The van der Waals surface area contributed by atoms with E-state index in [-0.39, 0.29) is 12.1 Å². The van der Waals surface area contributed by atoms with Crippen molar-refractivity contribution in [3.05, 3.63) is 29.3 Å². The van der Waals surface area contributed by atoms with Gasteiger partial charge in [0.05, 0.1) is 12.7 Å². The van der Waals surface area contributed by atoms with Gasteiger partial charge in [0.2, 0.25) is 0 Å². The van der Waals surface area contributed by atoms with E-state index in [1.54, 1.807) is 0 Å². The molecule has 0 spiro atoms. The lowest BCUT2D eigenvalue weighted by molar-refractivity contribution is 0.0603. The molecule has 0 bridgehead atoms. The van der Waals surface area contributed by atoms with Crippen LogP contribution in [0.1, 0.15) is 50.8 Å². The molecule has 2 rings (SSSR count). The van der Waals surface area contributed by atoms with Gasteiger partial charge in [-0.25, -0.2) is 0 Å². The zero-order valence-corrected chi connectivity index (χ0v) is 12.9. The molecule has 0 unspecified atom stereocenters. The van der Waals surface area contributed by atoms with Crippen LogP contribution < -0.4 is 4.74 Å². The van der Waals surface area contributed by atoms with Crippen molar-refractivity contribution in [3.8, 4) is 5.75 Å². The van der Waals surface area contributed by atoms with E-state index < -0.39 is 0 Å². The van der Waals surface area contributed by atoms with Crippen LogP contribution in [-0.2, 0) is 6.42 Å². The van der Waals surface area contributed by atoms with Crippen molar-refractivity contribution in [2.45, 2.75) is 52.2 Å². The van der Waals surface area contributed by atoms with E-state index in [1.165, 1.54) is 5.56 Å². The Kier molecular flexibility index (Phi) is 5.44. The van der Waals surface area contributed by atoms with Crippen molar-refractivity contribution in [3.63, 3.8) is 0 Å². The van der Waals surface area contributed by atoms with Crippen molar-refractivity contribution in [1.82, 2.24) is 4.90 Å². The fraction of sp³-hybridized carbons (Fsp3) is 0.647. The van der Waals surface area contributed by atoms with E-state index in [1.807, 2.05) is 19.1 Å². The van der Waals surface area contributed by atoms with Crippen LogP contribution in [0.15, 0.2) is 18.2 Å². The fourth-order valence-electron chi connectivity index (χ4n) is 3.18. The lowest BCUT2D eigenvalue weighted by Gasteiger charge is -2.30. The minimum Gasteiger partial charge on any atom is -0.494 e. The van der Waals surface area contributed by atoms with Crippen molar-refractivity contribution >= 4 is 0 Å². The summed E-state index contributed by atoms with van der Waals surface area (Å²) < 4.78 is 5.55. The molecule has 1 aliphatic carbocycles. The minimum atomic E-state index is -0.386. The SMILES string of the molecule is CCCN(CCC)[C@H]1Cc2ccc(OCC)cc2[C@@H]1O. The number of rotatable bonds is 7. The van der Waals surface area contributed by atoms with Crippen LogP contribution in [0.2, 0.25) is 0 Å². The summed E-state index contributed by atoms with van der Waals surface area (Å²) in [7, 11) is 0. The molecule has 1 aromatic rings. The molecule has 1 aliphatic rings. The summed E-state index contributed by atoms with van der Waals surface area (Å²) in [4.78, 5) is 2.44. The van der Waals surface area contributed by atoms with Gasteiger partial charge in [-0.3, -0.25) is 4.90 Å². The lowest BCUT2D eigenvalue weighted by atomic mass is 10.1. The van der Waals surface area contributed by atoms with Crippen molar-refractivity contribution < 1.29 is 9.84 Å². The molecule has 0 saturated heterocycles. The van der Waals surface area contributed by atoms with Gasteiger partial charge in [0.25, 0.3) is 0 Å². The molecule has 0 heterocycles. The second-order valence-corrected chi connectivity index (χ2v) is 5.55. The zero-order valence-electron chi connectivity index (χ0n) is 12.9. The highest BCUT2D eigenvalue weighted by molar-refractivity contribution is 5.41. The maximum atomic E-state index is 10.7. The highest BCUT2D eigenvalue weighted by atomic mass is 16.5. The molecule has 1 aromatic carbocycles. The molecule has 0 radical (unpaired) electrons. The molecular weight excluding hydrogens is 250 g/mol. The van der Waals surface area contributed by atoms with Crippen molar-refractivity contribution in [1.29, 1.82) is 0 Å². The Labute approximate surface area is 122 Å². The number of hydrogen-bond acceptors (Lipinski definition) is 3. The van der Waals surface area contributed by atoms with E-state index in [4.69, 9.17) is 4.74 Å². The normalized spacial score (nSPS) is 21.2. The van der Waals surface area contributed by atoms with Gasteiger partial charge in [0.1, 0.15) is 5.75 Å². The largest absolute Gasteiger partial charge is 0.494 e. The van der Waals surface area contributed by atoms with Crippen LogP contribution in [0.5, 0.6) is 5.75 Å². The Bertz CT molecular complexity index is 427. The smallest absolute Gasteiger partial charge is 0.119 e. The van der Waals surface area contributed by atoms with Crippen molar-refractivity contribution in [2.75, 3.05) is 19.7 Å². The van der Waals surface area contributed by atoms with Crippen LogP contribution in [0.25, 0.3) is 0 Å². The van der Waals surface area contributed by atoms with Crippen LogP contribution >= 0.6 is 0 Å². The number of benzene rings is 1. The van der Waals surface area contributed by atoms with Gasteiger partial charge in [0, 0.05) is 6.04 Å². The van der Waals surface area contributed by atoms with E-state index >= 15 is 0 Å². The summed E-state index contributed by atoms with van der Waals surface area (Å²) in [6.07, 6.45) is 2.82. The van der Waals surface area contributed by atoms with Crippen LogP contribution in [0.3, 0.4) is 0 Å². The Balaban J connectivity index is 2.16. The predicted molar refractivity (Wildman–Crippen MR) is 82.2 cm³/mol. The van der Waals surface area contributed by atoms with Gasteiger partial charge in [-0.05, 0) is 62.5 Å². The van der Waals surface area contributed by atoms with E-state index in [9.17, 15) is 5.11 Å². The molecule has 0 aliphatic heterocycles. The van der Waals surface area contributed by atoms with Gasteiger partial charge in [0.15, 0.2) is 0 Å². The Morgan fingerprint density at radius 2 is 1.90 bits per heavy atom. The molecule has 2 atom stereocenters. The Hall–Kier alpha value is -1.06. The van der Waals surface area contributed by atoms with Crippen LogP contribution in [0.4, 0.5) is 0 Å². The highest BCUT2D eigenvalue weighted by Crippen LogP contribution is 2.36. The molecule has 0 amide bonds. The number of nitrogens with zero attached hydrogens (tertiary/aromatic N) is 1. The number of hydrogen-bond donors (Lipinski definition) is 1. The highest BCUT2D eigenvalue weighted by Gasteiger charge is 2.34. The summed E-state index contributed by atoms with van der Waals surface area (Å²) in [5.41, 5.74) is 2.32. The summed E-state index contributed by atoms with van der Waals surface area (Å²) in [6.45, 7) is 9.16. The minimum absolute atomic E-state index is 0.224. The first kappa shape index (κ1) is 15.3. The molecule has 0 fully saturated rings. The number of aliphatic hydroxyl groups excluding tert-OH is 1. The molecule has 3 nitrogen and oxygen atoms in total. The number of aliphatic hydroxyl groups is 1. The Morgan fingerprint density at radius 3 is 2.50 bits per heavy atom. The maximum absolute atomic E-state index is 10.7.